The van der Waals surface area contributed by atoms with Crippen molar-refractivity contribution >= 4 is 18.9 Å². The van der Waals surface area contributed by atoms with E-state index in [1.54, 1.807) is 0 Å². The van der Waals surface area contributed by atoms with Gasteiger partial charge in [-0.25, -0.2) is 8.78 Å². The van der Waals surface area contributed by atoms with Crippen molar-refractivity contribution in [3.63, 3.8) is 0 Å². The van der Waals surface area contributed by atoms with Gasteiger partial charge in [0.05, 0.1) is 0 Å². The fourth-order valence-corrected chi connectivity index (χ4v) is 0.416. The first-order chi connectivity index (χ1) is 3.79. The minimum atomic E-state index is -0.593. The van der Waals surface area contributed by atoms with Crippen LogP contribution in [0.25, 0.3) is 0 Å². The van der Waals surface area contributed by atoms with Crippen LogP contribution in [-0.2, 0) is 0 Å². The molecular formula is C6H4F2Li. The summed E-state index contributed by atoms with van der Waals surface area (Å²) in [5.74, 6) is -1.19. The van der Waals surface area contributed by atoms with Crippen molar-refractivity contribution in [2.24, 2.45) is 0 Å². The van der Waals surface area contributed by atoms with Crippen LogP contribution in [0.3, 0.4) is 0 Å². The Morgan fingerprint density at radius 3 is 1.78 bits per heavy atom. The molecule has 0 saturated carbocycles. The van der Waals surface area contributed by atoms with Gasteiger partial charge < -0.3 is 0 Å². The molecule has 0 nitrogen and oxygen atoms in total. The zero-order chi connectivity index (χ0) is 5.98. The van der Waals surface area contributed by atoms with E-state index in [2.05, 4.69) is 6.07 Å². The first-order valence-corrected chi connectivity index (χ1v) is 2.11. The van der Waals surface area contributed by atoms with Crippen molar-refractivity contribution in [1.29, 1.82) is 0 Å². The van der Waals surface area contributed by atoms with Crippen LogP contribution in [0.15, 0.2) is 18.2 Å². The van der Waals surface area contributed by atoms with Gasteiger partial charge in [0.2, 0.25) is 0 Å². The Balaban J connectivity index is 0.000000640. The van der Waals surface area contributed by atoms with Crippen LogP contribution in [0.4, 0.5) is 8.78 Å². The molecule has 0 amide bonds. The number of hydrogen-bond acceptors (Lipinski definition) is 0. The molecule has 0 unspecified atom stereocenters. The average Bonchev–Trinajstić information content (AvgIpc) is 1.64. The van der Waals surface area contributed by atoms with Crippen molar-refractivity contribution in [2.45, 2.75) is 0 Å². The van der Waals surface area contributed by atoms with Crippen LogP contribution in [0, 0.1) is 17.7 Å². The molecule has 0 spiro atoms. The van der Waals surface area contributed by atoms with Gasteiger partial charge in [0.1, 0.15) is 11.6 Å². The van der Waals surface area contributed by atoms with E-state index in [0.717, 1.165) is 18.2 Å². The molecule has 1 aromatic carbocycles. The summed E-state index contributed by atoms with van der Waals surface area (Å²) in [5, 5.41) is 0. The van der Waals surface area contributed by atoms with Gasteiger partial charge in [-0.15, -0.1) is 0 Å². The van der Waals surface area contributed by atoms with Crippen LogP contribution in [-0.4, -0.2) is 18.9 Å². The molecule has 0 N–H and O–H groups in total. The monoisotopic (exact) mass is 121 g/mol. The summed E-state index contributed by atoms with van der Waals surface area (Å²) >= 11 is 0. The minimum absolute atomic E-state index is 0. The predicted molar refractivity (Wildman–Crippen MR) is 32.3 cm³/mol. The third kappa shape index (κ3) is 2.64. The maximum atomic E-state index is 11.9. The van der Waals surface area contributed by atoms with Crippen molar-refractivity contribution in [1.82, 2.24) is 0 Å². The van der Waals surface area contributed by atoms with Crippen LogP contribution < -0.4 is 0 Å². The van der Waals surface area contributed by atoms with Crippen LogP contribution in [0.1, 0.15) is 0 Å². The molecule has 1 aromatic rings. The van der Waals surface area contributed by atoms with E-state index in [9.17, 15) is 8.78 Å². The zero-order valence-corrected chi connectivity index (χ0v) is 3.99. The van der Waals surface area contributed by atoms with Gasteiger partial charge in [-0.3, -0.25) is 0 Å². The summed E-state index contributed by atoms with van der Waals surface area (Å²) in [5.41, 5.74) is 0. The summed E-state index contributed by atoms with van der Waals surface area (Å²) in [4.78, 5) is 0. The summed E-state index contributed by atoms with van der Waals surface area (Å²) in [7, 11) is 0. The van der Waals surface area contributed by atoms with E-state index >= 15 is 0 Å². The van der Waals surface area contributed by atoms with E-state index in [4.69, 9.17) is 0 Å². The second-order valence-electron chi connectivity index (χ2n) is 1.37. The molecule has 43 valence electrons. The van der Waals surface area contributed by atoms with Gasteiger partial charge in [-0.1, -0.05) is 0 Å². The molecule has 0 aromatic heterocycles. The SMILES string of the molecule is Fc1c[c]cc(F)c1.[LiH]. The van der Waals surface area contributed by atoms with Crippen LogP contribution in [0.5, 0.6) is 0 Å². The first kappa shape index (κ1) is 8.68. The first-order valence-electron chi connectivity index (χ1n) is 2.11. The molecule has 0 aliphatic carbocycles. The Bertz CT molecular complexity index is 171. The molecule has 9 heavy (non-hydrogen) atoms. The van der Waals surface area contributed by atoms with Gasteiger partial charge in [-0.05, 0) is 18.2 Å². The second kappa shape index (κ2) is 3.66. The second-order valence-corrected chi connectivity index (χ2v) is 1.37. The summed E-state index contributed by atoms with van der Waals surface area (Å²) < 4.78 is 23.8. The molecule has 0 bridgehead atoms. The van der Waals surface area contributed by atoms with Crippen molar-refractivity contribution < 1.29 is 8.78 Å². The standard InChI is InChI=1S/C6H3F2.Li.H/c7-5-2-1-3-6(8)4-5;;/h2-4H;;. The van der Waals surface area contributed by atoms with Crippen LogP contribution >= 0.6 is 0 Å². The third-order valence-electron chi connectivity index (χ3n) is 0.718. The Hall–Kier alpha value is -0.323. The Morgan fingerprint density at radius 1 is 1.11 bits per heavy atom. The number of rotatable bonds is 0. The topological polar surface area (TPSA) is 0 Å². The van der Waals surface area contributed by atoms with Gasteiger partial charge in [0, 0.05) is 6.07 Å². The third-order valence-corrected chi connectivity index (χ3v) is 0.718. The molecule has 0 aliphatic heterocycles. The van der Waals surface area contributed by atoms with Crippen molar-refractivity contribution in [2.75, 3.05) is 0 Å². The van der Waals surface area contributed by atoms with Crippen LogP contribution in [0.2, 0.25) is 0 Å². The van der Waals surface area contributed by atoms with Crippen molar-refractivity contribution in [3.8, 4) is 0 Å². The molecule has 1 rings (SSSR count). The molecule has 0 aliphatic rings. The Kier molecular flexibility index (Phi) is 3.52. The molecule has 0 atom stereocenters. The van der Waals surface area contributed by atoms with E-state index in [1.807, 2.05) is 0 Å². The van der Waals surface area contributed by atoms with E-state index in [1.165, 1.54) is 0 Å². The fourth-order valence-electron chi connectivity index (χ4n) is 0.416. The molecular weight excluding hydrogens is 117 g/mol. The summed E-state index contributed by atoms with van der Waals surface area (Å²) in [6, 6.07) is 5.23. The molecule has 0 fully saturated rings. The summed E-state index contributed by atoms with van der Waals surface area (Å²) in [6.45, 7) is 0. The van der Waals surface area contributed by atoms with E-state index in [-0.39, 0.29) is 18.9 Å². The Labute approximate surface area is 64.1 Å². The Morgan fingerprint density at radius 2 is 1.56 bits per heavy atom. The van der Waals surface area contributed by atoms with Gasteiger partial charge >= 0.3 is 18.9 Å². The molecule has 3 heteroatoms. The van der Waals surface area contributed by atoms with Crippen molar-refractivity contribution in [3.05, 3.63) is 35.9 Å². The zero-order valence-electron chi connectivity index (χ0n) is 3.99. The quantitative estimate of drug-likeness (QED) is 0.451. The normalized spacial score (nSPS) is 8.22. The van der Waals surface area contributed by atoms with E-state index < -0.39 is 11.6 Å². The van der Waals surface area contributed by atoms with Gasteiger partial charge in [-0.2, -0.15) is 0 Å². The number of halogens is 2. The number of benzene rings is 1. The average molecular weight is 121 g/mol. The maximum absolute atomic E-state index is 11.9. The fraction of sp³-hybridized carbons (Fsp3) is 0. The molecule has 0 heterocycles. The molecule has 0 saturated heterocycles. The number of hydrogen-bond donors (Lipinski definition) is 0. The van der Waals surface area contributed by atoms with E-state index in [0.29, 0.717) is 0 Å². The summed E-state index contributed by atoms with van der Waals surface area (Å²) in [6.07, 6.45) is 0. The predicted octanol–water partition coefficient (Wildman–Crippen LogP) is 1.12. The van der Waals surface area contributed by atoms with Gasteiger partial charge in [0.15, 0.2) is 0 Å². The van der Waals surface area contributed by atoms with Gasteiger partial charge in [0.25, 0.3) is 0 Å². The molecule has 1 radical (unpaired) electrons.